The lowest BCUT2D eigenvalue weighted by atomic mass is 10.1. The van der Waals surface area contributed by atoms with Gasteiger partial charge in [0.15, 0.2) is 11.5 Å². The summed E-state index contributed by atoms with van der Waals surface area (Å²) in [5.74, 6) is 1.19. The van der Waals surface area contributed by atoms with E-state index in [0.29, 0.717) is 35.7 Å². The predicted octanol–water partition coefficient (Wildman–Crippen LogP) is 4.28. The molecule has 0 bridgehead atoms. The van der Waals surface area contributed by atoms with Crippen LogP contribution in [0.15, 0.2) is 61.3 Å². The van der Waals surface area contributed by atoms with E-state index in [0.717, 1.165) is 17.8 Å². The maximum absolute atomic E-state index is 12.6. The summed E-state index contributed by atoms with van der Waals surface area (Å²) in [7, 11) is 0. The molecule has 0 aliphatic heterocycles. The second kappa shape index (κ2) is 8.27. The van der Waals surface area contributed by atoms with Crippen molar-refractivity contribution < 1.29 is 17.9 Å². The first-order valence-corrected chi connectivity index (χ1v) is 8.95. The molecule has 0 atom stereocenters. The van der Waals surface area contributed by atoms with E-state index in [4.69, 9.17) is 4.74 Å². The summed E-state index contributed by atoms with van der Waals surface area (Å²) in [6.45, 7) is 0.614. The number of nitrogens with one attached hydrogen (secondary N) is 1. The highest BCUT2D eigenvalue weighted by atomic mass is 19.4. The van der Waals surface area contributed by atoms with E-state index < -0.39 is 11.7 Å². The average Bonchev–Trinajstić information content (AvgIpc) is 2.75. The molecule has 1 aromatic carbocycles. The highest BCUT2D eigenvalue weighted by Crippen LogP contribution is 2.30. The van der Waals surface area contributed by atoms with Crippen molar-refractivity contribution in [2.45, 2.75) is 12.6 Å². The van der Waals surface area contributed by atoms with Crippen molar-refractivity contribution in [1.82, 2.24) is 24.9 Å². The van der Waals surface area contributed by atoms with Gasteiger partial charge in [0.2, 0.25) is 5.88 Å². The van der Waals surface area contributed by atoms with E-state index in [1.165, 1.54) is 12.4 Å². The van der Waals surface area contributed by atoms with Crippen LogP contribution in [0.3, 0.4) is 0 Å². The Morgan fingerprint density at radius 2 is 1.67 bits per heavy atom. The van der Waals surface area contributed by atoms with Crippen LogP contribution in [0.2, 0.25) is 0 Å². The Labute approximate surface area is 169 Å². The third kappa shape index (κ3) is 4.59. The Bertz CT molecular complexity index is 1130. The zero-order chi connectivity index (χ0) is 21.0. The Morgan fingerprint density at radius 1 is 0.867 bits per heavy atom. The molecule has 0 saturated heterocycles. The Morgan fingerprint density at radius 3 is 2.40 bits per heavy atom. The van der Waals surface area contributed by atoms with Crippen LogP contribution in [0.25, 0.3) is 11.2 Å². The molecular formula is C20H15F3N6O. The van der Waals surface area contributed by atoms with Gasteiger partial charge in [-0.3, -0.25) is 0 Å². The molecule has 3 aromatic heterocycles. The second-order valence-electron chi connectivity index (χ2n) is 6.26. The van der Waals surface area contributed by atoms with Gasteiger partial charge in [-0.2, -0.15) is 13.2 Å². The Hall–Kier alpha value is -3.82. The Balaban J connectivity index is 1.33. The molecule has 152 valence electrons. The minimum atomic E-state index is -4.42. The summed E-state index contributed by atoms with van der Waals surface area (Å²) in [5, 5.41) is 3.22. The zero-order valence-corrected chi connectivity index (χ0v) is 15.5. The molecule has 7 nitrogen and oxygen atoms in total. The van der Waals surface area contributed by atoms with E-state index in [1.807, 2.05) is 12.1 Å². The van der Waals surface area contributed by atoms with E-state index in [-0.39, 0.29) is 5.88 Å². The maximum Gasteiger partial charge on any atom is 0.417 e. The minimum Gasteiger partial charge on any atom is -0.439 e. The van der Waals surface area contributed by atoms with Gasteiger partial charge in [0.05, 0.1) is 5.56 Å². The normalized spacial score (nSPS) is 11.4. The molecule has 30 heavy (non-hydrogen) atoms. The smallest absolute Gasteiger partial charge is 0.417 e. The van der Waals surface area contributed by atoms with Crippen LogP contribution >= 0.6 is 0 Å². The third-order valence-electron chi connectivity index (χ3n) is 4.19. The van der Waals surface area contributed by atoms with Crippen molar-refractivity contribution in [3.63, 3.8) is 0 Å². The van der Waals surface area contributed by atoms with Gasteiger partial charge in [0, 0.05) is 31.2 Å². The SMILES string of the molecule is FC(F)(F)c1ccc(Oc2ccc(CCNc3ncnc4nccnc34)cc2)nc1. The number of hydrogen-bond donors (Lipinski definition) is 1. The van der Waals surface area contributed by atoms with Gasteiger partial charge in [0.25, 0.3) is 0 Å². The summed E-state index contributed by atoms with van der Waals surface area (Å²) >= 11 is 0. The van der Waals surface area contributed by atoms with Gasteiger partial charge >= 0.3 is 6.18 Å². The highest BCUT2D eigenvalue weighted by Gasteiger charge is 2.30. The summed E-state index contributed by atoms with van der Waals surface area (Å²) in [6.07, 6.45) is 1.62. The largest absolute Gasteiger partial charge is 0.439 e. The van der Waals surface area contributed by atoms with Gasteiger partial charge in [0.1, 0.15) is 17.6 Å². The van der Waals surface area contributed by atoms with Crippen LogP contribution in [-0.2, 0) is 12.6 Å². The number of hydrogen-bond acceptors (Lipinski definition) is 7. The number of rotatable bonds is 6. The van der Waals surface area contributed by atoms with Crippen molar-refractivity contribution in [2.75, 3.05) is 11.9 Å². The van der Waals surface area contributed by atoms with E-state index in [2.05, 4.69) is 30.2 Å². The highest BCUT2D eigenvalue weighted by molar-refractivity contribution is 5.81. The van der Waals surface area contributed by atoms with E-state index >= 15 is 0 Å². The lowest BCUT2D eigenvalue weighted by Gasteiger charge is -2.09. The lowest BCUT2D eigenvalue weighted by Crippen LogP contribution is -2.08. The van der Waals surface area contributed by atoms with Crippen LogP contribution in [0, 0.1) is 0 Å². The fraction of sp³-hybridized carbons (Fsp3) is 0.150. The number of ether oxygens (including phenoxy) is 1. The standard InChI is InChI=1S/C20H15F3N6O/c21-20(22,23)14-3-6-16(27-11-14)30-15-4-1-13(2-5-15)7-8-25-18-17-19(29-12-28-18)26-10-9-24-17/h1-6,9-12H,7-8H2,(H,25,26,28,29). The summed E-state index contributed by atoms with van der Waals surface area (Å²) in [4.78, 5) is 20.3. The number of fused-ring (bicyclic) bond motifs is 1. The monoisotopic (exact) mass is 412 g/mol. The lowest BCUT2D eigenvalue weighted by molar-refractivity contribution is -0.137. The van der Waals surface area contributed by atoms with Crippen LogP contribution in [0.1, 0.15) is 11.1 Å². The van der Waals surface area contributed by atoms with Crippen molar-refractivity contribution in [2.24, 2.45) is 0 Å². The fourth-order valence-electron chi connectivity index (χ4n) is 2.70. The average molecular weight is 412 g/mol. The first kappa shape index (κ1) is 19.5. The number of pyridine rings is 1. The van der Waals surface area contributed by atoms with Gasteiger partial charge in [-0.05, 0) is 30.2 Å². The van der Waals surface area contributed by atoms with Gasteiger partial charge in [-0.1, -0.05) is 12.1 Å². The molecule has 1 N–H and O–H groups in total. The molecule has 0 spiro atoms. The molecule has 0 radical (unpaired) electrons. The molecule has 0 saturated carbocycles. The molecule has 4 aromatic rings. The van der Waals surface area contributed by atoms with Crippen LogP contribution in [0.4, 0.5) is 19.0 Å². The second-order valence-corrected chi connectivity index (χ2v) is 6.26. The first-order valence-electron chi connectivity index (χ1n) is 8.95. The van der Waals surface area contributed by atoms with Gasteiger partial charge in [-0.15, -0.1) is 0 Å². The van der Waals surface area contributed by atoms with Crippen LogP contribution < -0.4 is 10.1 Å². The molecule has 4 rings (SSSR count). The minimum absolute atomic E-state index is 0.0918. The van der Waals surface area contributed by atoms with Crippen molar-refractivity contribution in [3.05, 3.63) is 72.4 Å². The van der Waals surface area contributed by atoms with Gasteiger partial charge < -0.3 is 10.1 Å². The predicted molar refractivity (Wildman–Crippen MR) is 103 cm³/mol. The topological polar surface area (TPSA) is 85.7 Å². The van der Waals surface area contributed by atoms with Crippen LogP contribution in [0.5, 0.6) is 11.6 Å². The Kier molecular flexibility index (Phi) is 5.38. The molecule has 0 aliphatic rings. The van der Waals surface area contributed by atoms with Gasteiger partial charge in [-0.25, -0.2) is 24.9 Å². The third-order valence-corrected chi connectivity index (χ3v) is 4.19. The fourth-order valence-corrected chi connectivity index (χ4v) is 2.70. The molecule has 0 fully saturated rings. The van der Waals surface area contributed by atoms with Crippen LogP contribution in [-0.4, -0.2) is 31.5 Å². The molecule has 0 amide bonds. The first-order chi connectivity index (χ1) is 14.5. The number of aromatic nitrogens is 5. The number of anilines is 1. The van der Waals surface area contributed by atoms with Crippen molar-refractivity contribution in [3.8, 4) is 11.6 Å². The number of alkyl halides is 3. The van der Waals surface area contributed by atoms with Crippen molar-refractivity contribution in [1.29, 1.82) is 0 Å². The summed E-state index contributed by atoms with van der Waals surface area (Å²) in [6, 6.07) is 9.34. The molecular weight excluding hydrogens is 397 g/mol. The number of halogens is 3. The zero-order valence-electron chi connectivity index (χ0n) is 15.5. The summed E-state index contributed by atoms with van der Waals surface area (Å²) < 4.78 is 43.2. The quantitative estimate of drug-likeness (QED) is 0.506. The molecule has 0 aliphatic carbocycles. The number of benzene rings is 1. The maximum atomic E-state index is 12.6. The molecule has 3 heterocycles. The van der Waals surface area contributed by atoms with Crippen molar-refractivity contribution >= 4 is 17.0 Å². The van der Waals surface area contributed by atoms with E-state index in [9.17, 15) is 13.2 Å². The molecule has 0 unspecified atom stereocenters. The number of nitrogens with zero attached hydrogens (tertiary/aromatic N) is 5. The summed E-state index contributed by atoms with van der Waals surface area (Å²) in [5.41, 5.74) is 1.35. The molecule has 10 heteroatoms. The van der Waals surface area contributed by atoms with E-state index in [1.54, 1.807) is 24.5 Å².